The molecule has 0 unspecified atom stereocenters. The zero-order chi connectivity index (χ0) is 14.5. The third-order valence-electron chi connectivity index (χ3n) is 4.46. The topological polar surface area (TPSA) is 3.24 Å². The molecule has 21 heavy (non-hydrogen) atoms. The molecule has 2 heteroatoms. The number of hydrogen-bond donors (Lipinski definition) is 0. The summed E-state index contributed by atoms with van der Waals surface area (Å²) in [4.78, 5) is 2.60. The molecular weight excluding hydrogens is 278 g/mol. The van der Waals surface area contributed by atoms with Crippen LogP contribution in [-0.2, 0) is 0 Å². The Kier molecular flexibility index (Phi) is 4.95. The van der Waals surface area contributed by atoms with E-state index in [1.165, 1.54) is 24.0 Å². The highest BCUT2D eigenvalue weighted by atomic mass is 35.5. The quantitative estimate of drug-likeness (QED) is 0.738. The molecule has 0 aromatic heterocycles. The first kappa shape index (κ1) is 14.6. The van der Waals surface area contributed by atoms with E-state index in [1.807, 2.05) is 0 Å². The summed E-state index contributed by atoms with van der Waals surface area (Å²) in [6.45, 7) is 2.26. The molecule has 0 bridgehead atoms. The summed E-state index contributed by atoms with van der Waals surface area (Å²) in [6.07, 6.45) is 2.42. The minimum atomic E-state index is 0.365. The van der Waals surface area contributed by atoms with Gasteiger partial charge in [-0.15, -0.1) is 11.6 Å². The Morgan fingerprint density at radius 2 is 1.33 bits per heavy atom. The minimum Gasteiger partial charge on any atom is -0.292 e. The molecule has 1 nitrogen and oxygen atoms in total. The number of likely N-dealkylation sites (tertiary alicyclic amines) is 1. The minimum absolute atomic E-state index is 0.365. The van der Waals surface area contributed by atoms with Crippen LogP contribution in [0.1, 0.15) is 30.0 Å². The van der Waals surface area contributed by atoms with Crippen molar-refractivity contribution in [3.8, 4) is 0 Å². The van der Waals surface area contributed by atoms with E-state index < -0.39 is 0 Å². The molecular formula is C19H22ClN. The Morgan fingerprint density at radius 3 is 1.76 bits per heavy atom. The summed E-state index contributed by atoms with van der Waals surface area (Å²) in [5.41, 5.74) is 2.76. The summed E-state index contributed by atoms with van der Waals surface area (Å²) in [7, 11) is 0. The van der Waals surface area contributed by atoms with Crippen molar-refractivity contribution in [2.24, 2.45) is 5.92 Å². The molecule has 0 amide bonds. The highest BCUT2D eigenvalue weighted by Crippen LogP contribution is 2.32. The fraction of sp³-hybridized carbons (Fsp3) is 0.368. The number of benzene rings is 2. The van der Waals surface area contributed by atoms with Crippen molar-refractivity contribution in [2.75, 3.05) is 19.0 Å². The Morgan fingerprint density at radius 1 is 0.857 bits per heavy atom. The van der Waals surface area contributed by atoms with Gasteiger partial charge in [-0.25, -0.2) is 0 Å². The highest BCUT2D eigenvalue weighted by molar-refractivity contribution is 6.18. The third-order valence-corrected chi connectivity index (χ3v) is 4.90. The van der Waals surface area contributed by atoms with Crippen LogP contribution in [-0.4, -0.2) is 23.9 Å². The largest absolute Gasteiger partial charge is 0.292 e. The zero-order valence-electron chi connectivity index (χ0n) is 12.3. The van der Waals surface area contributed by atoms with Gasteiger partial charge in [0, 0.05) is 5.88 Å². The van der Waals surface area contributed by atoms with Gasteiger partial charge in [-0.3, -0.25) is 4.90 Å². The second kappa shape index (κ2) is 7.11. The van der Waals surface area contributed by atoms with Crippen LogP contribution in [0.2, 0.25) is 0 Å². The molecule has 0 spiro atoms. The zero-order valence-corrected chi connectivity index (χ0v) is 13.0. The number of hydrogen-bond acceptors (Lipinski definition) is 1. The van der Waals surface area contributed by atoms with Crippen LogP contribution in [0.15, 0.2) is 60.7 Å². The summed E-state index contributed by atoms with van der Waals surface area (Å²) in [5, 5.41) is 0. The first-order valence-corrected chi connectivity index (χ1v) is 8.32. The fourth-order valence-corrected chi connectivity index (χ4v) is 3.56. The van der Waals surface area contributed by atoms with E-state index in [2.05, 4.69) is 65.6 Å². The van der Waals surface area contributed by atoms with E-state index in [0.29, 0.717) is 12.0 Å². The van der Waals surface area contributed by atoms with E-state index in [9.17, 15) is 0 Å². The monoisotopic (exact) mass is 299 g/mol. The molecule has 1 aliphatic rings. The number of piperidine rings is 1. The van der Waals surface area contributed by atoms with Crippen LogP contribution in [0.25, 0.3) is 0 Å². The van der Waals surface area contributed by atoms with Crippen molar-refractivity contribution in [1.82, 2.24) is 4.90 Å². The molecule has 0 aliphatic carbocycles. The number of nitrogens with zero attached hydrogens (tertiary/aromatic N) is 1. The van der Waals surface area contributed by atoms with E-state index in [0.717, 1.165) is 19.0 Å². The first-order chi connectivity index (χ1) is 10.4. The lowest BCUT2D eigenvalue weighted by molar-refractivity contribution is 0.159. The molecule has 2 aromatic carbocycles. The molecule has 1 fully saturated rings. The van der Waals surface area contributed by atoms with E-state index in [4.69, 9.17) is 11.6 Å². The first-order valence-electron chi connectivity index (χ1n) is 7.78. The van der Waals surface area contributed by atoms with Gasteiger partial charge in [0.25, 0.3) is 0 Å². The smallest absolute Gasteiger partial charge is 0.0601 e. The number of halogens is 1. The van der Waals surface area contributed by atoms with Gasteiger partial charge in [-0.1, -0.05) is 60.7 Å². The van der Waals surface area contributed by atoms with Gasteiger partial charge in [-0.2, -0.15) is 0 Å². The second-order valence-electron chi connectivity index (χ2n) is 5.86. The standard InChI is InChI=1S/C19H22ClN/c20-15-16-11-13-21(14-12-16)19(17-7-3-1-4-8-17)18-9-5-2-6-10-18/h1-10,16,19H,11-15H2. The normalized spacial score (nSPS) is 17.2. The lowest BCUT2D eigenvalue weighted by Gasteiger charge is -2.37. The molecule has 2 aromatic rings. The summed E-state index contributed by atoms with van der Waals surface area (Å²) < 4.78 is 0. The maximum absolute atomic E-state index is 6.02. The third kappa shape index (κ3) is 3.48. The Bertz CT molecular complexity index is 493. The van der Waals surface area contributed by atoms with Gasteiger partial charge in [0.15, 0.2) is 0 Å². The van der Waals surface area contributed by atoms with Crippen molar-refractivity contribution in [3.63, 3.8) is 0 Å². The van der Waals surface area contributed by atoms with Crippen molar-refractivity contribution < 1.29 is 0 Å². The molecule has 1 saturated heterocycles. The van der Waals surface area contributed by atoms with Crippen molar-refractivity contribution in [1.29, 1.82) is 0 Å². The average molecular weight is 300 g/mol. The second-order valence-corrected chi connectivity index (χ2v) is 6.17. The summed E-state index contributed by atoms with van der Waals surface area (Å²) in [5.74, 6) is 1.49. The van der Waals surface area contributed by atoms with Crippen LogP contribution in [0.3, 0.4) is 0 Å². The summed E-state index contributed by atoms with van der Waals surface area (Å²) >= 11 is 6.02. The van der Waals surface area contributed by atoms with E-state index in [1.54, 1.807) is 0 Å². The van der Waals surface area contributed by atoms with E-state index in [-0.39, 0.29) is 0 Å². The van der Waals surface area contributed by atoms with Crippen molar-refractivity contribution in [2.45, 2.75) is 18.9 Å². The van der Waals surface area contributed by atoms with Gasteiger partial charge in [0.1, 0.15) is 0 Å². The van der Waals surface area contributed by atoms with Gasteiger partial charge < -0.3 is 0 Å². The molecule has 0 saturated carbocycles. The Balaban J connectivity index is 1.87. The van der Waals surface area contributed by atoms with Crippen LogP contribution in [0, 0.1) is 5.92 Å². The molecule has 0 N–H and O–H groups in total. The lowest BCUT2D eigenvalue weighted by atomic mass is 9.92. The predicted molar refractivity (Wildman–Crippen MR) is 89.7 cm³/mol. The van der Waals surface area contributed by atoms with E-state index >= 15 is 0 Å². The molecule has 1 heterocycles. The molecule has 3 rings (SSSR count). The Hall–Kier alpha value is -1.31. The van der Waals surface area contributed by atoms with Crippen LogP contribution in [0.5, 0.6) is 0 Å². The van der Waals surface area contributed by atoms with Gasteiger partial charge >= 0.3 is 0 Å². The van der Waals surface area contributed by atoms with Crippen LogP contribution >= 0.6 is 11.6 Å². The predicted octanol–water partition coefficient (Wildman–Crippen LogP) is 4.73. The fourth-order valence-electron chi connectivity index (χ4n) is 3.25. The molecule has 0 radical (unpaired) electrons. The molecule has 0 atom stereocenters. The van der Waals surface area contributed by atoms with Crippen LogP contribution < -0.4 is 0 Å². The molecule has 110 valence electrons. The maximum atomic E-state index is 6.02. The lowest BCUT2D eigenvalue weighted by Crippen LogP contribution is -2.37. The maximum Gasteiger partial charge on any atom is 0.0601 e. The number of alkyl halides is 1. The number of rotatable bonds is 4. The highest BCUT2D eigenvalue weighted by Gasteiger charge is 2.26. The average Bonchev–Trinajstić information content (AvgIpc) is 2.58. The SMILES string of the molecule is ClCC1CCN(C(c2ccccc2)c2ccccc2)CC1. The van der Waals surface area contributed by atoms with Crippen LogP contribution in [0.4, 0.5) is 0 Å². The summed E-state index contributed by atoms with van der Waals surface area (Å²) in [6, 6.07) is 22.0. The van der Waals surface area contributed by atoms with Gasteiger partial charge in [0.2, 0.25) is 0 Å². The Labute approximate surface area is 132 Å². The molecule has 1 aliphatic heterocycles. The van der Waals surface area contributed by atoms with Crippen molar-refractivity contribution >= 4 is 11.6 Å². The van der Waals surface area contributed by atoms with Crippen molar-refractivity contribution in [3.05, 3.63) is 71.8 Å². The van der Waals surface area contributed by atoms with Gasteiger partial charge in [0.05, 0.1) is 6.04 Å². The van der Waals surface area contributed by atoms with Gasteiger partial charge in [-0.05, 0) is 43.0 Å².